The standard InChI is InChI=1S/C15H28N2O2/c1-13(2)8-11-17(14(3)18)12-15(19)16-9-6-4-5-7-10-16/h13H,4-12H2,1-3H3. The molecule has 0 saturated carbocycles. The third-order valence-corrected chi connectivity index (χ3v) is 3.71. The number of rotatable bonds is 5. The van der Waals surface area contributed by atoms with Crippen molar-refractivity contribution >= 4 is 11.8 Å². The zero-order chi connectivity index (χ0) is 14.3. The van der Waals surface area contributed by atoms with E-state index in [9.17, 15) is 9.59 Å². The summed E-state index contributed by atoms with van der Waals surface area (Å²) in [7, 11) is 0. The molecule has 4 nitrogen and oxygen atoms in total. The molecule has 0 atom stereocenters. The van der Waals surface area contributed by atoms with Crippen LogP contribution in [0, 0.1) is 5.92 Å². The van der Waals surface area contributed by atoms with E-state index in [2.05, 4.69) is 13.8 Å². The Bertz CT molecular complexity index is 295. The van der Waals surface area contributed by atoms with Crippen molar-refractivity contribution in [3.05, 3.63) is 0 Å². The molecule has 0 unspecified atom stereocenters. The second kappa shape index (κ2) is 8.18. The molecule has 1 saturated heterocycles. The van der Waals surface area contributed by atoms with Crippen molar-refractivity contribution < 1.29 is 9.59 Å². The van der Waals surface area contributed by atoms with Gasteiger partial charge in [-0.1, -0.05) is 26.7 Å². The Labute approximate surface area is 117 Å². The van der Waals surface area contributed by atoms with E-state index in [1.165, 1.54) is 12.8 Å². The molecular weight excluding hydrogens is 240 g/mol. The molecule has 19 heavy (non-hydrogen) atoms. The molecule has 2 amide bonds. The number of hydrogen-bond acceptors (Lipinski definition) is 2. The Kier molecular flexibility index (Phi) is 6.89. The number of hydrogen-bond donors (Lipinski definition) is 0. The van der Waals surface area contributed by atoms with Gasteiger partial charge in [-0.25, -0.2) is 0 Å². The van der Waals surface area contributed by atoms with Gasteiger partial charge < -0.3 is 9.80 Å². The van der Waals surface area contributed by atoms with E-state index in [1.54, 1.807) is 11.8 Å². The van der Waals surface area contributed by atoms with Crippen molar-refractivity contribution in [2.45, 2.75) is 52.9 Å². The summed E-state index contributed by atoms with van der Waals surface area (Å²) in [6, 6.07) is 0. The lowest BCUT2D eigenvalue weighted by Crippen LogP contribution is -2.43. The van der Waals surface area contributed by atoms with Gasteiger partial charge in [0.1, 0.15) is 0 Å². The summed E-state index contributed by atoms with van der Waals surface area (Å²) in [5.41, 5.74) is 0. The maximum atomic E-state index is 12.2. The minimum absolute atomic E-state index is 0.00354. The lowest BCUT2D eigenvalue weighted by atomic mass is 10.1. The van der Waals surface area contributed by atoms with Crippen LogP contribution in [0.25, 0.3) is 0 Å². The topological polar surface area (TPSA) is 40.6 Å². The molecule has 1 aliphatic heterocycles. The molecule has 110 valence electrons. The predicted octanol–water partition coefficient (Wildman–Crippen LogP) is 2.28. The van der Waals surface area contributed by atoms with Crippen LogP contribution in [0.1, 0.15) is 52.9 Å². The minimum atomic E-state index is 0.00354. The average Bonchev–Trinajstić information content (AvgIpc) is 2.62. The highest BCUT2D eigenvalue weighted by atomic mass is 16.2. The number of likely N-dealkylation sites (tertiary alicyclic amines) is 1. The highest BCUT2D eigenvalue weighted by Crippen LogP contribution is 2.10. The number of amides is 2. The summed E-state index contributed by atoms with van der Waals surface area (Å²) in [5, 5.41) is 0. The van der Waals surface area contributed by atoms with Gasteiger partial charge in [0.15, 0.2) is 0 Å². The molecule has 1 rings (SSSR count). The zero-order valence-corrected chi connectivity index (χ0v) is 12.7. The van der Waals surface area contributed by atoms with Gasteiger partial charge in [0.2, 0.25) is 11.8 Å². The van der Waals surface area contributed by atoms with Crippen LogP contribution in [0.5, 0.6) is 0 Å². The van der Waals surface area contributed by atoms with Crippen LogP contribution < -0.4 is 0 Å². The Morgan fingerprint density at radius 2 is 1.68 bits per heavy atom. The summed E-state index contributed by atoms with van der Waals surface area (Å²) in [4.78, 5) is 27.5. The fourth-order valence-corrected chi connectivity index (χ4v) is 2.35. The fraction of sp³-hybridized carbons (Fsp3) is 0.867. The Morgan fingerprint density at radius 1 is 1.11 bits per heavy atom. The Hall–Kier alpha value is -1.06. The highest BCUT2D eigenvalue weighted by molar-refractivity contribution is 5.83. The summed E-state index contributed by atoms with van der Waals surface area (Å²) in [6.45, 7) is 8.47. The number of nitrogens with zero attached hydrogens (tertiary/aromatic N) is 2. The van der Waals surface area contributed by atoms with Gasteiger partial charge in [-0.2, -0.15) is 0 Å². The van der Waals surface area contributed by atoms with E-state index < -0.39 is 0 Å². The smallest absolute Gasteiger partial charge is 0.242 e. The minimum Gasteiger partial charge on any atom is -0.341 e. The molecule has 0 aromatic rings. The molecule has 0 spiro atoms. The zero-order valence-electron chi connectivity index (χ0n) is 12.7. The summed E-state index contributed by atoms with van der Waals surface area (Å²) >= 11 is 0. The molecule has 0 aliphatic carbocycles. The largest absolute Gasteiger partial charge is 0.341 e. The third kappa shape index (κ3) is 6.08. The van der Waals surface area contributed by atoms with Crippen LogP contribution in [-0.2, 0) is 9.59 Å². The summed E-state index contributed by atoms with van der Waals surface area (Å²) in [6.07, 6.45) is 5.57. The predicted molar refractivity (Wildman–Crippen MR) is 76.8 cm³/mol. The lowest BCUT2D eigenvalue weighted by Gasteiger charge is -2.26. The van der Waals surface area contributed by atoms with Crippen LogP contribution >= 0.6 is 0 Å². The molecule has 0 radical (unpaired) electrons. The van der Waals surface area contributed by atoms with Crippen molar-refractivity contribution in [2.75, 3.05) is 26.2 Å². The first-order valence-corrected chi connectivity index (χ1v) is 7.54. The molecule has 1 aliphatic rings. The first-order valence-electron chi connectivity index (χ1n) is 7.54. The van der Waals surface area contributed by atoms with Gasteiger partial charge in [0.25, 0.3) is 0 Å². The van der Waals surface area contributed by atoms with Crippen molar-refractivity contribution in [1.82, 2.24) is 9.80 Å². The second-order valence-electron chi connectivity index (χ2n) is 5.92. The van der Waals surface area contributed by atoms with Crippen LogP contribution in [0.4, 0.5) is 0 Å². The molecule has 0 bridgehead atoms. The van der Waals surface area contributed by atoms with Gasteiger partial charge in [0.05, 0.1) is 6.54 Å². The normalized spacial score (nSPS) is 16.3. The van der Waals surface area contributed by atoms with Gasteiger partial charge in [-0.15, -0.1) is 0 Å². The van der Waals surface area contributed by atoms with Gasteiger partial charge in [-0.3, -0.25) is 9.59 Å². The van der Waals surface area contributed by atoms with Gasteiger partial charge >= 0.3 is 0 Å². The first-order chi connectivity index (χ1) is 9.00. The Balaban J connectivity index is 2.47. The molecule has 0 N–H and O–H groups in total. The molecule has 0 aromatic carbocycles. The maximum Gasteiger partial charge on any atom is 0.242 e. The van der Waals surface area contributed by atoms with Crippen LogP contribution in [0.3, 0.4) is 0 Å². The van der Waals surface area contributed by atoms with Crippen LogP contribution in [-0.4, -0.2) is 47.8 Å². The first kappa shape index (κ1) is 16.0. The third-order valence-electron chi connectivity index (χ3n) is 3.71. The lowest BCUT2D eigenvalue weighted by molar-refractivity contribution is -0.139. The van der Waals surface area contributed by atoms with Crippen LogP contribution in [0.2, 0.25) is 0 Å². The van der Waals surface area contributed by atoms with E-state index in [-0.39, 0.29) is 18.4 Å². The molecule has 1 fully saturated rings. The van der Waals surface area contributed by atoms with E-state index in [0.29, 0.717) is 12.5 Å². The SMILES string of the molecule is CC(=O)N(CCC(C)C)CC(=O)N1CCCCCC1. The van der Waals surface area contributed by atoms with Gasteiger partial charge in [0, 0.05) is 26.6 Å². The number of carbonyl (C=O) groups is 2. The van der Waals surface area contributed by atoms with E-state index in [0.717, 1.165) is 32.4 Å². The van der Waals surface area contributed by atoms with Crippen LogP contribution in [0.15, 0.2) is 0 Å². The average molecular weight is 268 g/mol. The monoisotopic (exact) mass is 268 g/mol. The van der Waals surface area contributed by atoms with Crippen molar-refractivity contribution in [1.29, 1.82) is 0 Å². The summed E-state index contributed by atoms with van der Waals surface area (Å²) < 4.78 is 0. The molecule has 4 heteroatoms. The van der Waals surface area contributed by atoms with Crippen molar-refractivity contribution in [2.24, 2.45) is 5.92 Å². The molecule has 1 heterocycles. The molecule has 0 aromatic heterocycles. The van der Waals surface area contributed by atoms with Crippen molar-refractivity contribution in [3.8, 4) is 0 Å². The second-order valence-corrected chi connectivity index (χ2v) is 5.92. The highest BCUT2D eigenvalue weighted by Gasteiger charge is 2.20. The van der Waals surface area contributed by atoms with Gasteiger partial charge in [-0.05, 0) is 25.2 Å². The van der Waals surface area contributed by atoms with E-state index >= 15 is 0 Å². The van der Waals surface area contributed by atoms with E-state index in [1.807, 2.05) is 4.90 Å². The molecular formula is C15H28N2O2. The number of carbonyl (C=O) groups excluding carboxylic acids is 2. The Morgan fingerprint density at radius 3 is 2.16 bits per heavy atom. The van der Waals surface area contributed by atoms with E-state index in [4.69, 9.17) is 0 Å². The fourth-order valence-electron chi connectivity index (χ4n) is 2.35. The maximum absolute atomic E-state index is 12.2. The van der Waals surface area contributed by atoms with Crippen molar-refractivity contribution in [3.63, 3.8) is 0 Å². The summed E-state index contributed by atoms with van der Waals surface area (Å²) in [5.74, 6) is 0.666. The quantitative estimate of drug-likeness (QED) is 0.767.